The van der Waals surface area contributed by atoms with Gasteiger partial charge in [-0.05, 0) is 25.0 Å². The molecule has 0 N–H and O–H groups in total. The summed E-state index contributed by atoms with van der Waals surface area (Å²) >= 11 is 1.61. The Morgan fingerprint density at radius 3 is 2.79 bits per heavy atom. The fourth-order valence-corrected chi connectivity index (χ4v) is 3.33. The lowest BCUT2D eigenvalue weighted by atomic mass is 10.2. The number of hydrogen-bond donors (Lipinski definition) is 0. The molecule has 0 bridgehead atoms. The number of aldehydes is 1. The number of carbonyl (C=O) groups is 3. The number of rotatable bonds is 10. The van der Waals surface area contributed by atoms with Crippen LogP contribution in [0, 0.1) is 0 Å². The molecule has 1 saturated heterocycles. The fraction of sp³-hybridized carbons (Fsp3) is 0.786. The minimum Gasteiger partial charge on any atom is -0.303 e. The molecule has 0 aromatic carbocycles. The van der Waals surface area contributed by atoms with E-state index in [9.17, 15) is 14.4 Å². The van der Waals surface area contributed by atoms with E-state index in [-0.39, 0.29) is 18.5 Å². The topological polar surface area (TPSA) is 54.5 Å². The quantitative estimate of drug-likeness (QED) is 0.352. The standard InChI is InChI=1S/C14H23NO3S.H2/c1-2-3-10-19-12-11-13(17)15(14(12)18)8-6-4-5-7-9-16;/h9,12H,2-8,10-11H2,1H3;1H. The molecule has 4 nitrogen and oxygen atoms in total. The predicted molar refractivity (Wildman–Crippen MR) is 79.1 cm³/mol. The summed E-state index contributed by atoms with van der Waals surface area (Å²) in [5.41, 5.74) is 0. The van der Waals surface area contributed by atoms with Crippen molar-refractivity contribution in [1.29, 1.82) is 0 Å². The van der Waals surface area contributed by atoms with Gasteiger partial charge >= 0.3 is 0 Å². The minimum atomic E-state index is -0.158. The first-order chi connectivity index (χ1) is 9.20. The number of unbranched alkanes of at least 4 members (excludes halogenated alkanes) is 4. The maximum Gasteiger partial charge on any atom is 0.242 e. The van der Waals surface area contributed by atoms with Gasteiger partial charge in [-0.25, -0.2) is 0 Å². The second-order valence-electron chi connectivity index (χ2n) is 4.82. The van der Waals surface area contributed by atoms with Gasteiger partial charge in [0.25, 0.3) is 0 Å². The molecule has 0 aromatic heterocycles. The van der Waals surface area contributed by atoms with Gasteiger partial charge in [-0.3, -0.25) is 14.5 Å². The zero-order chi connectivity index (χ0) is 14.1. The summed E-state index contributed by atoms with van der Waals surface area (Å²) in [6, 6.07) is 0. The average Bonchev–Trinajstić information content (AvgIpc) is 2.66. The van der Waals surface area contributed by atoms with Gasteiger partial charge in [-0.15, -0.1) is 11.8 Å². The van der Waals surface area contributed by atoms with Gasteiger partial charge in [-0.1, -0.05) is 19.8 Å². The Kier molecular flexibility index (Phi) is 7.79. The molecule has 5 heteroatoms. The molecule has 1 atom stereocenters. The molecular weight excluding hydrogens is 262 g/mol. The number of thioether (sulfide) groups is 1. The van der Waals surface area contributed by atoms with Gasteiger partial charge in [-0.2, -0.15) is 0 Å². The molecule has 0 aromatic rings. The summed E-state index contributed by atoms with van der Waals surface area (Å²) in [5, 5.41) is -0.158. The Morgan fingerprint density at radius 2 is 2.11 bits per heavy atom. The lowest BCUT2D eigenvalue weighted by Gasteiger charge is -2.14. The third-order valence-electron chi connectivity index (χ3n) is 3.22. The van der Waals surface area contributed by atoms with Crippen LogP contribution in [0.5, 0.6) is 0 Å². The zero-order valence-electron chi connectivity index (χ0n) is 11.6. The number of hydrogen-bond acceptors (Lipinski definition) is 4. The number of imide groups is 1. The van der Waals surface area contributed by atoms with E-state index in [1.165, 1.54) is 4.90 Å². The van der Waals surface area contributed by atoms with Crippen molar-refractivity contribution in [2.75, 3.05) is 12.3 Å². The van der Waals surface area contributed by atoms with Crippen molar-refractivity contribution in [3.05, 3.63) is 0 Å². The maximum absolute atomic E-state index is 12.1. The molecule has 1 aliphatic rings. The summed E-state index contributed by atoms with van der Waals surface area (Å²) in [6.07, 6.45) is 6.58. The molecule has 1 heterocycles. The summed E-state index contributed by atoms with van der Waals surface area (Å²) in [5.74, 6) is 0.906. The van der Waals surface area contributed by atoms with Gasteiger partial charge < -0.3 is 4.79 Å². The lowest BCUT2D eigenvalue weighted by molar-refractivity contribution is -0.138. The van der Waals surface area contributed by atoms with Crippen LogP contribution in [0.3, 0.4) is 0 Å². The van der Waals surface area contributed by atoms with E-state index < -0.39 is 0 Å². The minimum absolute atomic E-state index is 0. The molecule has 1 unspecified atom stereocenters. The van der Waals surface area contributed by atoms with E-state index in [0.29, 0.717) is 19.4 Å². The highest BCUT2D eigenvalue weighted by Crippen LogP contribution is 2.26. The van der Waals surface area contributed by atoms with E-state index in [2.05, 4.69) is 6.92 Å². The first-order valence-electron chi connectivity index (χ1n) is 7.10. The second kappa shape index (κ2) is 9.13. The smallest absolute Gasteiger partial charge is 0.242 e. The first kappa shape index (κ1) is 16.2. The van der Waals surface area contributed by atoms with Gasteiger partial charge in [0.1, 0.15) is 6.29 Å². The predicted octanol–water partition coefficient (Wildman–Crippen LogP) is 2.65. The second-order valence-corrected chi connectivity index (χ2v) is 6.13. The highest BCUT2D eigenvalue weighted by atomic mass is 32.2. The van der Waals surface area contributed by atoms with E-state index in [4.69, 9.17) is 0 Å². The van der Waals surface area contributed by atoms with Crippen molar-refractivity contribution in [2.45, 2.75) is 57.1 Å². The highest BCUT2D eigenvalue weighted by Gasteiger charge is 2.37. The van der Waals surface area contributed by atoms with Crippen molar-refractivity contribution in [1.82, 2.24) is 4.90 Å². The Labute approximate surface area is 120 Å². The molecule has 0 radical (unpaired) electrons. The van der Waals surface area contributed by atoms with Crippen LogP contribution >= 0.6 is 11.8 Å². The van der Waals surface area contributed by atoms with E-state index >= 15 is 0 Å². The molecule has 0 spiro atoms. The van der Waals surface area contributed by atoms with Gasteiger partial charge in [0, 0.05) is 20.8 Å². The number of nitrogens with zero attached hydrogens (tertiary/aromatic N) is 1. The van der Waals surface area contributed by atoms with Gasteiger partial charge in [0.05, 0.1) is 5.25 Å². The highest BCUT2D eigenvalue weighted by molar-refractivity contribution is 8.00. The molecule has 1 aliphatic heterocycles. The molecule has 19 heavy (non-hydrogen) atoms. The van der Waals surface area contributed by atoms with Gasteiger partial charge in [0.2, 0.25) is 11.8 Å². The Hall–Kier alpha value is -0.840. The molecule has 1 rings (SSSR count). The van der Waals surface area contributed by atoms with Crippen LogP contribution in [0.15, 0.2) is 0 Å². The normalized spacial score (nSPS) is 19.2. The van der Waals surface area contributed by atoms with Crippen molar-refractivity contribution < 1.29 is 15.8 Å². The molecule has 2 amide bonds. The van der Waals surface area contributed by atoms with Crippen molar-refractivity contribution in [3.8, 4) is 0 Å². The third kappa shape index (κ3) is 5.35. The molecule has 0 saturated carbocycles. The van der Waals surface area contributed by atoms with E-state index in [1.54, 1.807) is 11.8 Å². The van der Waals surface area contributed by atoms with Crippen LogP contribution in [-0.2, 0) is 14.4 Å². The number of carbonyl (C=O) groups excluding carboxylic acids is 3. The fourth-order valence-electron chi connectivity index (χ4n) is 2.06. The van der Waals surface area contributed by atoms with Crippen molar-refractivity contribution in [3.63, 3.8) is 0 Å². The summed E-state index contributed by atoms with van der Waals surface area (Å²) in [4.78, 5) is 35.4. The lowest BCUT2D eigenvalue weighted by Crippen LogP contribution is -2.32. The zero-order valence-corrected chi connectivity index (χ0v) is 12.4. The summed E-state index contributed by atoms with van der Waals surface area (Å²) < 4.78 is 0. The average molecular weight is 287 g/mol. The summed E-state index contributed by atoms with van der Waals surface area (Å²) in [7, 11) is 0. The van der Waals surface area contributed by atoms with Crippen molar-refractivity contribution >= 4 is 29.9 Å². The van der Waals surface area contributed by atoms with Gasteiger partial charge in [0.15, 0.2) is 0 Å². The molecule has 0 aliphatic carbocycles. The van der Waals surface area contributed by atoms with E-state index in [1.807, 2.05) is 0 Å². The summed E-state index contributed by atoms with van der Waals surface area (Å²) in [6.45, 7) is 2.63. The van der Waals surface area contributed by atoms with Crippen LogP contribution in [0.1, 0.15) is 53.3 Å². The van der Waals surface area contributed by atoms with Crippen LogP contribution in [0.2, 0.25) is 0 Å². The SMILES string of the molecule is CCCCSC1CC(=O)N(CCCCCC=O)C1=O.[HH]. The molecule has 1 fully saturated rings. The third-order valence-corrected chi connectivity index (χ3v) is 4.52. The van der Waals surface area contributed by atoms with Crippen molar-refractivity contribution in [2.24, 2.45) is 0 Å². The maximum atomic E-state index is 12.1. The molecular formula is C14H25NO3S. The molecule has 110 valence electrons. The van der Waals surface area contributed by atoms with Crippen LogP contribution < -0.4 is 0 Å². The monoisotopic (exact) mass is 287 g/mol. The largest absolute Gasteiger partial charge is 0.303 e. The first-order valence-corrected chi connectivity index (χ1v) is 8.15. The Balaban J connectivity index is 0.00000361. The Bertz CT molecular complexity index is 326. The van der Waals surface area contributed by atoms with Crippen LogP contribution in [0.25, 0.3) is 0 Å². The number of likely N-dealkylation sites (tertiary alicyclic amines) is 1. The van der Waals surface area contributed by atoms with E-state index in [0.717, 1.165) is 44.1 Å². The Morgan fingerprint density at radius 1 is 1.32 bits per heavy atom. The van der Waals surface area contributed by atoms with Crippen LogP contribution in [-0.4, -0.2) is 40.5 Å². The number of amides is 2. The van der Waals surface area contributed by atoms with Crippen LogP contribution in [0.4, 0.5) is 0 Å².